The summed E-state index contributed by atoms with van der Waals surface area (Å²) in [6.45, 7) is 0. The summed E-state index contributed by atoms with van der Waals surface area (Å²) in [4.78, 5) is 9.00. The quantitative estimate of drug-likeness (QED) is 0.234. The molecule has 0 aliphatic heterocycles. The van der Waals surface area contributed by atoms with Gasteiger partial charge in [-0.1, -0.05) is 0 Å². The van der Waals surface area contributed by atoms with E-state index in [0.29, 0.717) is 0 Å². The van der Waals surface area contributed by atoms with Crippen LogP contribution < -0.4 is 16.7 Å². The van der Waals surface area contributed by atoms with Crippen molar-refractivity contribution in [3.05, 3.63) is 0 Å². The van der Waals surface area contributed by atoms with Crippen molar-refractivity contribution < 1.29 is 15.3 Å². The van der Waals surface area contributed by atoms with Crippen molar-refractivity contribution in [1.29, 1.82) is 0 Å². The minimum Gasteiger partial charge on any atom is -0.727 e. The maximum Gasteiger partial charge on any atom is 0.309 e. The molecule has 0 aliphatic rings. The van der Waals surface area contributed by atoms with Crippen molar-refractivity contribution in [3.63, 3.8) is 0 Å². The maximum absolute atomic E-state index is 9.00. The van der Waals surface area contributed by atoms with E-state index in [0.717, 1.165) is 0 Å². The summed E-state index contributed by atoms with van der Waals surface area (Å²) in [6.07, 6.45) is 0. The summed E-state index contributed by atoms with van der Waals surface area (Å²) < 4.78 is 0. The Bertz CT molecular complexity index is 31.8. The number of rotatable bonds is 0. The van der Waals surface area contributed by atoms with Crippen LogP contribution in [0.15, 0.2) is 0 Å². The summed E-state index contributed by atoms with van der Waals surface area (Å²) in [7, 11) is 0. The van der Waals surface area contributed by atoms with Gasteiger partial charge in [-0.15, -0.1) is 0 Å². The van der Waals surface area contributed by atoms with Gasteiger partial charge in [0.15, 0.2) is 0 Å². The average Bonchev–Trinajstić information content (AvgIpc) is 1.41. The van der Waals surface area contributed by atoms with Crippen LogP contribution in [-0.2, 0) is 0 Å². The molecular weight excluding hydrogens is 88.0 g/mol. The van der Waals surface area contributed by atoms with E-state index in [1.165, 1.54) is 0 Å². The van der Waals surface area contributed by atoms with Crippen LogP contribution in [0.3, 0.4) is 0 Å². The highest BCUT2D eigenvalue weighted by molar-refractivity contribution is 5.69. The molecule has 5 nitrogen and oxygen atoms in total. The number of carbonyl (C=O) groups is 1. The molecule has 6 heavy (non-hydrogen) atoms. The predicted octanol–water partition coefficient (Wildman–Crippen LogP) is -2.16. The summed E-state index contributed by atoms with van der Waals surface area (Å²) in [5.41, 5.74) is 8.50. The number of carbonyl (C=O) groups excluding carboxylic acids is 1. The third kappa shape index (κ3) is 23.3. The van der Waals surface area contributed by atoms with E-state index < -0.39 is 6.03 Å². The third-order valence-corrected chi connectivity index (χ3v) is 0. The van der Waals surface area contributed by atoms with Crippen molar-refractivity contribution in [2.24, 2.45) is 11.5 Å². The monoisotopic (exact) mass is 93.0 g/mol. The van der Waals surface area contributed by atoms with Crippen LogP contribution in [0.25, 0.3) is 0 Å². The van der Waals surface area contributed by atoms with Crippen LogP contribution in [0.1, 0.15) is 0 Å². The van der Waals surface area contributed by atoms with Gasteiger partial charge in [0.2, 0.25) is 0 Å². The van der Waals surface area contributed by atoms with Gasteiger partial charge in [0.1, 0.15) is 0 Å². The number of nitrogens with two attached hydrogens (primary N) is 2. The number of hydrogen-bond acceptors (Lipinski definition) is 3. The minimum atomic E-state index is -0.833. The number of amides is 2. The second kappa shape index (κ2) is 8.89. The summed E-state index contributed by atoms with van der Waals surface area (Å²) in [5.74, 6) is 0. The molecule has 0 heterocycles. The molecule has 0 rings (SSSR count). The minimum absolute atomic E-state index is 0.833. The molecule has 38 valence electrons. The van der Waals surface area contributed by atoms with Crippen molar-refractivity contribution in [2.75, 3.05) is 0 Å². The Morgan fingerprint density at radius 1 is 1.50 bits per heavy atom. The zero-order chi connectivity index (χ0) is 5.58. The normalized spacial score (nSPS) is 5.00. The molecule has 0 unspecified atom stereocenters. The highest BCUT2D eigenvalue weighted by Crippen LogP contribution is 1.25. The Kier molecular flexibility index (Phi) is 13.3. The van der Waals surface area contributed by atoms with Gasteiger partial charge >= 0.3 is 6.03 Å². The Morgan fingerprint density at radius 3 is 1.50 bits per heavy atom. The van der Waals surface area contributed by atoms with Crippen LogP contribution >= 0.6 is 0 Å². The summed E-state index contributed by atoms with van der Waals surface area (Å²) in [6, 6.07) is -0.833. The second-order valence-electron chi connectivity index (χ2n) is 0.402. The lowest BCUT2D eigenvalue weighted by Crippen LogP contribution is -2.18. The predicted molar refractivity (Wildman–Crippen MR) is 16.4 cm³/mol. The highest BCUT2D eigenvalue weighted by Gasteiger charge is 1.60. The number of primary amides is 2. The van der Waals surface area contributed by atoms with E-state index in [2.05, 4.69) is 11.5 Å². The van der Waals surface area contributed by atoms with Gasteiger partial charge in [0.25, 0.3) is 0 Å². The Labute approximate surface area is 34.1 Å². The van der Waals surface area contributed by atoms with Gasteiger partial charge in [0, 0.05) is 0 Å². The average molecular weight is 93.1 g/mol. The van der Waals surface area contributed by atoms with Crippen LogP contribution in [-0.4, -0.2) is 11.3 Å². The zero-order valence-electron chi connectivity index (χ0n) is 2.92. The molecule has 2 amide bonds. The highest BCUT2D eigenvalue weighted by atomic mass is 17.0. The summed E-state index contributed by atoms with van der Waals surface area (Å²) >= 11 is 0. The van der Waals surface area contributed by atoms with Crippen LogP contribution in [0, 0.1) is 0 Å². The van der Waals surface area contributed by atoms with Crippen molar-refractivity contribution in [1.82, 2.24) is 0 Å². The molecule has 0 aliphatic carbocycles. The molecular formula is CH5N2O3-. The van der Waals surface area contributed by atoms with Gasteiger partial charge in [-0.2, -0.15) is 0 Å². The second-order valence-corrected chi connectivity index (χ2v) is 0.402. The molecule has 0 radical (unpaired) electrons. The molecule has 0 saturated carbocycles. The molecule has 0 saturated heterocycles. The molecule has 5 heteroatoms. The Balaban J connectivity index is 0. The fourth-order valence-electron chi connectivity index (χ4n) is 0. The van der Waals surface area contributed by atoms with E-state index >= 15 is 0 Å². The topological polar surface area (TPSA) is 112 Å². The Morgan fingerprint density at radius 2 is 1.50 bits per heavy atom. The van der Waals surface area contributed by atoms with Gasteiger partial charge in [-0.05, 0) is 0 Å². The first-order valence-corrected chi connectivity index (χ1v) is 0.964. The largest absolute Gasteiger partial charge is 0.727 e. The molecule has 0 aromatic heterocycles. The van der Waals surface area contributed by atoms with Gasteiger partial charge < -0.3 is 22.0 Å². The maximum atomic E-state index is 9.00. The standard InChI is InChI=1S/CH4N2O.H2O2/c2-1(3)4;1-2/h(H4,2,3,4);1-2H/p-1. The van der Waals surface area contributed by atoms with E-state index in [1.807, 2.05) is 0 Å². The molecule has 0 bridgehead atoms. The molecule has 5 N–H and O–H groups in total. The van der Waals surface area contributed by atoms with E-state index in [1.54, 1.807) is 0 Å². The SMILES string of the molecule is NC(N)=O.[O-]O. The molecule has 0 spiro atoms. The smallest absolute Gasteiger partial charge is 0.309 e. The number of hydrogen-bond donors (Lipinski definition) is 3. The first-order chi connectivity index (χ1) is 2.73. The zero-order valence-corrected chi connectivity index (χ0v) is 2.92. The first-order valence-electron chi connectivity index (χ1n) is 0.964. The molecule has 0 fully saturated rings. The lowest BCUT2D eigenvalue weighted by molar-refractivity contribution is -0.670. The first kappa shape index (κ1) is 8.95. The van der Waals surface area contributed by atoms with E-state index in [9.17, 15) is 0 Å². The number of urea groups is 1. The lowest BCUT2D eigenvalue weighted by atomic mass is 11.2. The van der Waals surface area contributed by atoms with Crippen molar-refractivity contribution in [3.8, 4) is 0 Å². The fraction of sp³-hybridized carbons (Fsp3) is 0. The molecule has 0 atom stereocenters. The van der Waals surface area contributed by atoms with E-state index in [4.69, 9.17) is 15.3 Å². The van der Waals surface area contributed by atoms with Crippen molar-refractivity contribution in [2.45, 2.75) is 0 Å². The third-order valence-electron chi connectivity index (χ3n) is 0. The Hall–Kier alpha value is -0.810. The molecule has 0 aromatic carbocycles. The van der Waals surface area contributed by atoms with Crippen LogP contribution in [0.4, 0.5) is 4.79 Å². The molecule has 0 aromatic rings. The van der Waals surface area contributed by atoms with Gasteiger partial charge in [0.05, 0.1) is 0 Å². The van der Waals surface area contributed by atoms with Crippen LogP contribution in [0.5, 0.6) is 0 Å². The van der Waals surface area contributed by atoms with E-state index in [-0.39, 0.29) is 0 Å². The van der Waals surface area contributed by atoms with Crippen molar-refractivity contribution >= 4 is 6.03 Å². The lowest BCUT2D eigenvalue weighted by Gasteiger charge is -1.62. The van der Waals surface area contributed by atoms with Gasteiger partial charge in [-0.3, -0.25) is 0 Å². The van der Waals surface area contributed by atoms with Gasteiger partial charge in [-0.25, -0.2) is 4.79 Å². The van der Waals surface area contributed by atoms with Crippen LogP contribution in [0.2, 0.25) is 0 Å². The fourth-order valence-corrected chi connectivity index (χ4v) is 0. The summed E-state index contributed by atoms with van der Waals surface area (Å²) in [5, 5.41) is 13.0.